The summed E-state index contributed by atoms with van der Waals surface area (Å²) in [4.78, 5) is 12.2. The van der Waals surface area contributed by atoms with Crippen molar-refractivity contribution in [2.45, 2.75) is 81.1 Å². The Morgan fingerprint density at radius 3 is 2.14 bits per heavy atom. The number of hydrogen-bond acceptors (Lipinski definition) is 2. The summed E-state index contributed by atoms with van der Waals surface area (Å²) in [5.74, 6) is 1.14. The Morgan fingerprint density at radius 1 is 1.09 bits per heavy atom. The Hall–Kier alpha value is -0.790. The van der Waals surface area contributed by atoms with Crippen LogP contribution in [0.2, 0.25) is 0 Å². The van der Waals surface area contributed by atoms with E-state index < -0.39 is 5.41 Å². The first-order valence-corrected chi connectivity index (χ1v) is 8.91. The van der Waals surface area contributed by atoms with E-state index in [2.05, 4.69) is 47.6 Å². The first-order valence-electron chi connectivity index (χ1n) is 8.91. The van der Waals surface area contributed by atoms with Crippen LogP contribution in [0.5, 0.6) is 0 Å². The van der Waals surface area contributed by atoms with Crippen LogP contribution < -0.4 is 0 Å². The fourth-order valence-electron chi connectivity index (χ4n) is 3.01. The van der Waals surface area contributed by atoms with E-state index in [1.807, 2.05) is 19.9 Å². The average molecular weight is 311 g/mol. The molecule has 0 aliphatic carbocycles. The normalized spacial score (nSPS) is 16.8. The molecule has 0 rings (SSSR count). The average Bonchev–Trinajstić information content (AvgIpc) is 2.41. The minimum Gasteiger partial charge on any atom is -0.461 e. The SMILES string of the molecule is CCC(C)CC(C)(C)C(=O)OCC=CC(C)(CC)CC(C)C. The number of ether oxygens (including phenoxy) is 1. The Kier molecular flexibility index (Phi) is 9.04. The molecule has 0 spiro atoms. The van der Waals surface area contributed by atoms with Crippen molar-refractivity contribution in [3.8, 4) is 0 Å². The summed E-state index contributed by atoms with van der Waals surface area (Å²) in [6.45, 7) is 17.7. The van der Waals surface area contributed by atoms with Crippen LogP contribution in [0.15, 0.2) is 12.2 Å². The van der Waals surface area contributed by atoms with Gasteiger partial charge < -0.3 is 4.74 Å². The highest BCUT2D eigenvalue weighted by molar-refractivity contribution is 5.75. The molecular formula is C20H38O2. The number of carbonyl (C=O) groups excluding carboxylic acids is 1. The summed E-state index contributed by atoms with van der Waals surface area (Å²) in [6, 6.07) is 0. The lowest BCUT2D eigenvalue weighted by Gasteiger charge is -2.27. The van der Waals surface area contributed by atoms with Crippen molar-refractivity contribution >= 4 is 5.97 Å². The van der Waals surface area contributed by atoms with Crippen LogP contribution in [0.25, 0.3) is 0 Å². The standard InChI is InChI=1S/C20H38O2/c1-9-17(5)15-19(6,7)18(21)22-13-11-12-20(8,10-2)14-16(3)4/h11-12,16-17H,9-10,13-15H2,1-8H3. The summed E-state index contributed by atoms with van der Waals surface area (Å²) in [7, 11) is 0. The highest BCUT2D eigenvalue weighted by atomic mass is 16.5. The lowest BCUT2D eigenvalue weighted by atomic mass is 9.79. The van der Waals surface area contributed by atoms with Gasteiger partial charge in [0.2, 0.25) is 0 Å². The van der Waals surface area contributed by atoms with Gasteiger partial charge in [-0.05, 0) is 50.4 Å². The van der Waals surface area contributed by atoms with Crippen LogP contribution in [-0.2, 0) is 9.53 Å². The number of esters is 1. The lowest BCUT2D eigenvalue weighted by Crippen LogP contribution is -2.28. The van der Waals surface area contributed by atoms with E-state index in [4.69, 9.17) is 4.74 Å². The minimum absolute atomic E-state index is 0.0838. The van der Waals surface area contributed by atoms with Gasteiger partial charge in [-0.15, -0.1) is 0 Å². The van der Waals surface area contributed by atoms with Gasteiger partial charge in [-0.3, -0.25) is 4.79 Å². The minimum atomic E-state index is -0.394. The van der Waals surface area contributed by atoms with Crippen LogP contribution in [0.1, 0.15) is 81.1 Å². The second kappa shape index (κ2) is 9.37. The number of rotatable bonds is 10. The zero-order valence-electron chi connectivity index (χ0n) is 16.2. The maximum absolute atomic E-state index is 12.2. The van der Waals surface area contributed by atoms with Gasteiger partial charge in [0.15, 0.2) is 0 Å². The molecule has 0 aliphatic heterocycles. The molecule has 22 heavy (non-hydrogen) atoms. The highest BCUT2D eigenvalue weighted by Crippen LogP contribution is 2.31. The van der Waals surface area contributed by atoms with Crippen molar-refractivity contribution in [3.05, 3.63) is 12.2 Å². The predicted molar refractivity (Wildman–Crippen MR) is 95.8 cm³/mol. The van der Waals surface area contributed by atoms with Crippen molar-refractivity contribution in [2.75, 3.05) is 6.61 Å². The van der Waals surface area contributed by atoms with E-state index >= 15 is 0 Å². The van der Waals surface area contributed by atoms with Crippen LogP contribution in [-0.4, -0.2) is 12.6 Å². The smallest absolute Gasteiger partial charge is 0.311 e. The highest BCUT2D eigenvalue weighted by Gasteiger charge is 2.30. The molecule has 0 aromatic heterocycles. The van der Waals surface area contributed by atoms with Crippen molar-refractivity contribution in [2.24, 2.45) is 22.7 Å². The van der Waals surface area contributed by atoms with E-state index in [0.29, 0.717) is 18.4 Å². The molecule has 0 aliphatic rings. The molecule has 0 saturated heterocycles. The summed E-state index contributed by atoms with van der Waals surface area (Å²) >= 11 is 0. The molecule has 0 amide bonds. The summed E-state index contributed by atoms with van der Waals surface area (Å²) < 4.78 is 5.47. The number of hydrogen-bond donors (Lipinski definition) is 0. The van der Waals surface area contributed by atoms with E-state index in [1.54, 1.807) is 0 Å². The van der Waals surface area contributed by atoms with E-state index in [1.165, 1.54) is 0 Å². The Labute approximate surface area is 138 Å². The van der Waals surface area contributed by atoms with Gasteiger partial charge in [-0.1, -0.05) is 60.1 Å². The van der Waals surface area contributed by atoms with Gasteiger partial charge in [0, 0.05) is 0 Å². The molecule has 0 aromatic carbocycles. The number of allylic oxidation sites excluding steroid dienone is 1. The van der Waals surface area contributed by atoms with Crippen molar-refractivity contribution in [1.29, 1.82) is 0 Å². The topological polar surface area (TPSA) is 26.3 Å². The molecule has 2 unspecified atom stereocenters. The fraction of sp³-hybridized carbons (Fsp3) is 0.850. The van der Waals surface area contributed by atoms with Gasteiger partial charge >= 0.3 is 5.97 Å². The third-order valence-electron chi connectivity index (χ3n) is 4.62. The zero-order valence-corrected chi connectivity index (χ0v) is 16.2. The van der Waals surface area contributed by atoms with Crippen LogP contribution in [0, 0.1) is 22.7 Å². The molecular weight excluding hydrogens is 272 g/mol. The molecule has 0 bridgehead atoms. The van der Waals surface area contributed by atoms with Crippen LogP contribution >= 0.6 is 0 Å². The van der Waals surface area contributed by atoms with Crippen molar-refractivity contribution in [3.63, 3.8) is 0 Å². The first kappa shape index (κ1) is 21.2. The van der Waals surface area contributed by atoms with Crippen molar-refractivity contribution < 1.29 is 9.53 Å². The second-order valence-electron chi connectivity index (χ2n) is 8.21. The maximum atomic E-state index is 12.2. The predicted octanol–water partition coefficient (Wildman–Crippen LogP) is 6.01. The first-order chi connectivity index (χ1) is 10.1. The molecule has 2 heteroatoms. The zero-order chi connectivity index (χ0) is 17.4. The summed E-state index contributed by atoms with van der Waals surface area (Å²) in [5, 5.41) is 0. The largest absolute Gasteiger partial charge is 0.461 e. The van der Waals surface area contributed by atoms with Gasteiger partial charge in [-0.25, -0.2) is 0 Å². The molecule has 2 nitrogen and oxygen atoms in total. The van der Waals surface area contributed by atoms with E-state index in [9.17, 15) is 4.79 Å². The molecule has 130 valence electrons. The summed E-state index contributed by atoms with van der Waals surface area (Å²) in [5.41, 5.74) is -0.192. The second-order valence-corrected chi connectivity index (χ2v) is 8.21. The third kappa shape index (κ3) is 8.00. The monoisotopic (exact) mass is 310 g/mol. The van der Waals surface area contributed by atoms with Gasteiger partial charge in [0.25, 0.3) is 0 Å². The Morgan fingerprint density at radius 2 is 1.68 bits per heavy atom. The van der Waals surface area contributed by atoms with E-state index in [0.717, 1.165) is 25.7 Å². The molecule has 0 saturated carbocycles. The van der Waals surface area contributed by atoms with Gasteiger partial charge in [0.05, 0.1) is 5.41 Å². The van der Waals surface area contributed by atoms with Gasteiger partial charge in [0.1, 0.15) is 6.61 Å². The quantitative estimate of drug-likeness (QED) is 0.365. The Bertz CT molecular complexity index is 355. The van der Waals surface area contributed by atoms with E-state index in [-0.39, 0.29) is 11.4 Å². The fourth-order valence-corrected chi connectivity index (χ4v) is 3.01. The molecule has 0 N–H and O–H groups in total. The lowest BCUT2D eigenvalue weighted by molar-refractivity contribution is -0.153. The maximum Gasteiger partial charge on any atom is 0.311 e. The molecule has 0 aromatic rings. The molecule has 0 heterocycles. The molecule has 2 atom stereocenters. The van der Waals surface area contributed by atoms with Gasteiger partial charge in [-0.2, -0.15) is 0 Å². The number of carbonyl (C=O) groups is 1. The summed E-state index contributed by atoms with van der Waals surface area (Å²) in [6.07, 6.45) is 8.49. The van der Waals surface area contributed by atoms with Crippen molar-refractivity contribution in [1.82, 2.24) is 0 Å². The third-order valence-corrected chi connectivity index (χ3v) is 4.62. The Balaban J connectivity index is 4.44. The van der Waals surface area contributed by atoms with Crippen LogP contribution in [0.4, 0.5) is 0 Å². The molecule has 0 fully saturated rings. The molecule has 0 radical (unpaired) electrons. The van der Waals surface area contributed by atoms with Crippen LogP contribution in [0.3, 0.4) is 0 Å².